The second-order valence-electron chi connectivity index (χ2n) is 5.03. The van der Waals surface area contributed by atoms with E-state index < -0.39 is 5.97 Å². The molecule has 0 spiro atoms. The first-order chi connectivity index (χ1) is 9.04. The number of hydrogen-bond acceptors (Lipinski definition) is 3. The van der Waals surface area contributed by atoms with E-state index in [1.807, 2.05) is 6.26 Å². The molecule has 1 aliphatic rings. The number of nitrogens with one attached hydrogen (secondary N) is 1. The molecule has 1 saturated carbocycles. The van der Waals surface area contributed by atoms with Gasteiger partial charge in [0.2, 0.25) is 0 Å². The Morgan fingerprint density at radius 1 is 1.42 bits per heavy atom. The van der Waals surface area contributed by atoms with Crippen LogP contribution in [0.2, 0.25) is 0 Å². The Hall–Kier alpha value is -0.910. The summed E-state index contributed by atoms with van der Waals surface area (Å²) in [7, 11) is 0. The maximum Gasteiger partial charge on any atom is 0.323 e. The van der Waals surface area contributed by atoms with Crippen molar-refractivity contribution < 1.29 is 14.7 Å². The van der Waals surface area contributed by atoms with Crippen molar-refractivity contribution in [3.05, 3.63) is 0 Å². The predicted molar refractivity (Wildman–Crippen MR) is 77.6 cm³/mol. The first-order valence-electron chi connectivity index (χ1n) is 6.83. The third-order valence-corrected chi connectivity index (χ3v) is 4.60. The van der Waals surface area contributed by atoms with Gasteiger partial charge < -0.3 is 15.3 Å². The molecular formula is C13H24N2O3S. The predicted octanol–water partition coefficient (Wildman–Crippen LogP) is 2.17. The van der Waals surface area contributed by atoms with Gasteiger partial charge in [-0.15, -0.1) is 0 Å². The summed E-state index contributed by atoms with van der Waals surface area (Å²) in [6.45, 7) is 2.51. The van der Waals surface area contributed by atoms with Crippen LogP contribution in [0, 0.1) is 0 Å². The van der Waals surface area contributed by atoms with Crippen molar-refractivity contribution in [3.63, 3.8) is 0 Å². The Morgan fingerprint density at radius 3 is 2.58 bits per heavy atom. The molecule has 110 valence electrons. The van der Waals surface area contributed by atoms with Gasteiger partial charge in [-0.3, -0.25) is 4.79 Å². The highest BCUT2D eigenvalue weighted by Gasteiger charge is 2.28. The molecule has 5 nitrogen and oxygen atoms in total. The van der Waals surface area contributed by atoms with Gasteiger partial charge in [0.25, 0.3) is 0 Å². The Kier molecular flexibility index (Phi) is 7.05. The molecule has 1 fully saturated rings. The third-order valence-electron chi connectivity index (χ3n) is 3.56. The molecule has 0 heterocycles. The Labute approximate surface area is 119 Å². The Bertz CT molecular complexity index is 306. The molecule has 6 heteroatoms. The second-order valence-corrected chi connectivity index (χ2v) is 6.30. The van der Waals surface area contributed by atoms with Gasteiger partial charge in [-0.2, -0.15) is 11.8 Å². The van der Waals surface area contributed by atoms with Crippen LogP contribution in [0.3, 0.4) is 0 Å². The molecule has 2 N–H and O–H groups in total. The number of carboxylic acid groups (broad SMARTS) is 1. The lowest BCUT2D eigenvalue weighted by Crippen LogP contribution is -2.48. The van der Waals surface area contributed by atoms with Crippen molar-refractivity contribution in [2.45, 2.75) is 50.3 Å². The zero-order chi connectivity index (χ0) is 14.3. The molecule has 19 heavy (non-hydrogen) atoms. The smallest absolute Gasteiger partial charge is 0.323 e. The van der Waals surface area contributed by atoms with E-state index in [9.17, 15) is 9.59 Å². The summed E-state index contributed by atoms with van der Waals surface area (Å²) < 4.78 is 0. The highest BCUT2D eigenvalue weighted by atomic mass is 32.2. The lowest BCUT2D eigenvalue weighted by molar-refractivity contribution is -0.138. The zero-order valence-corrected chi connectivity index (χ0v) is 12.5. The van der Waals surface area contributed by atoms with Crippen molar-refractivity contribution in [1.82, 2.24) is 10.2 Å². The quantitative estimate of drug-likeness (QED) is 0.753. The fraction of sp³-hybridized carbons (Fsp3) is 0.846. The molecule has 0 aromatic rings. The van der Waals surface area contributed by atoms with Gasteiger partial charge in [0.15, 0.2) is 0 Å². The average Bonchev–Trinajstić information content (AvgIpc) is 2.88. The molecule has 1 rings (SSSR count). The summed E-state index contributed by atoms with van der Waals surface area (Å²) >= 11 is 1.76. The maximum atomic E-state index is 12.1. The number of hydrogen-bond donors (Lipinski definition) is 2. The summed E-state index contributed by atoms with van der Waals surface area (Å²) in [4.78, 5) is 24.4. The number of nitrogens with zero attached hydrogens (tertiary/aromatic N) is 1. The van der Waals surface area contributed by atoms with E-state index in [1.54, 1.807) is 11.8 Å². The van der Waals surface area contributed by atoms with Gasteiger partial charge in [0.05, 0.1) is 0 Å². The molecule has 1 atom stereocenters. The van der Waals surface area contributed by atoms with Crippen LogP contribution in [0.5, 0.6) is 0 Å². The van der Waals surface area contributed by atoms with Gasteiger partial charge in [-0.1, -0.05) is 19.8 Å². The van der Waals surface area contributed by atoms with E-state index in [0.717, 1.165) is 32.1 Å². The van der Waals surface area contributed by atoms with Crippen molar-refractivity contribution in [3.8, 4) is 0 Å². The van der Waals surface area contributed by atoms with E-state index in [2.05, 4.69) is 12.2 Å². The van der Waals surface area contributed by atoms with Gasteiger partial charge >= 0.3 is 12.0 Å². The van der Waals surface area contributed by atoms with Crippen molar-refractivity contribution >= 4 is 23.8 Å². The summed E-state index contributed by atoms with van der Waals surface area (Å²) in [6.07, 6.45) is 6.94. The number of rotatable bonds is 7. The number of carbonyl (C=O) groups is 2. The van der Waals surface area contributed by atoms with Crippen LogP contribution < -0.4 is 5.32 Å². The molecular weight excluding hydrogens is 264 g/mol. The number of thioether (sulfide) groups is 1. The number of amides is 2. The second kappa shape index (κ2) is 8.30. The Balaban J connectivity index is 2.44. The third kappa shape index (κ3) is 5.72. The zero-order valence-electron chi connectivity index (χ0n) is 11.7. The minimum Gasteiger partial charge on any atom is -0.480 e. The SMILES string of the molecule is CSC(C)CCNC(=O)N(CC(=O)O)C1CCCC1. The van der Waals surface area contributed by atoms with Crippen molar-refractivity contribution in [2.75, 3.05) is 19.3 Å². The van der Waals surface area contributed by atoms with Gasteiger partial charge in [-0.05, 0) is 25.5 Å². The maximum absolute atomic E-state index is 12.1. The average molecular weight is 288 g/mol. The molecule has 1 unspecified atom stereocenters. The van der Waals surface area contributed by atoms with Crippen LogP contribution in [0.25, 0.3) is 0 Å². The van der Waals surface area contributed by atoms with Crippen LogP contribution in [-0.2, 0) is 4.79 Å². The lowest BCUT2D eigenvalue weighted by Gasteiger charge is -2.27. The van der Waals surface area contributed by atoms with Crippen LogP contribution in [0.15, 0.2) is 0 Å². The lowest BCUT2D eigenvalue weighted by atomic mass is 10.2. The van der Waals surface area contributed by atoms with Crippen molar-refractivity contribution in [1.29, 1.82) is 0 Å². The first kappa shape index (κ1) is 16.1. The summed E-state index contributed by atoms with van der Waals surface area (Å²) in [6, 6.07) is -0.142. The summed E-state index contributed by atoms with van der Waals surface area (Å²) in [5, 5.41) is 12.3. The summed E-state index contributed by atoms with van der Waals surface area (Å²) in [5.74, 6) is -0.945. The molecule has 0 aromatic heterocycles. The number of carboxylic acids is 1. The van der Waals surface area contributed by atoms with E-state index in [4.69, 9.17) is 5.11 Å². The molecule has 0 bridgehead atoms. The molecule has 0 aromatic carbocycles. The van der Waals surface area contributed by atoms with Crippen LogP contribution in [-0.4, -0.2) is 52.6 Å². The van der Waals surface area contributed by atoms with Gasteiger partial charge in [0.1, 0.15) is 6.54 Å². The largest absolute Gasteiger partial charge is 0.480 e. The van der Waals surface area contributed by atoms with Crippen LogP contribution in [0.4, 0.5) is 4.79 Å². The first-order valence-corrected chi connectivity index (χ1v) is 8.12. The normalized spacial score (nSPS) is 17.2. The standard InChI is InChI=1S/C13H24N2O3S/c1-10(19-2)7-8-14-13(18)15(9-12(16)17)11-5-3-4-6-11/h10-11H,3-9H2,1-2H3,(H,14,18)(H,16,17). The summed E-state index contributed by atoms with van der Waals surface area (Å²) in [5.41, 5.74) is 0. The molecule has 1 aliphatic carbocycles. The molecule has 0 aliphatic heterocycles. The van der Waals surface area contributed by atoms with E-state index in [1.165, 1.54) is 4.90 Å². The highest BCUT2D eigenvalue weighted by molar-refractivity contribution is 7.99. The highest BCUT2D eigenvalue weighted by Crippen LogP contribution is 2.23. The number of urea groups is 1. The monoisotopic (exact) mass is 288 g/mol. The van der Waals surface area contributed by atoms with Gasteiger partial charge in [-0.25, -0.2) is 4.79 Å². The minimum absolute atomic E-state index is 0.0917. The van der Waals surface area contributed by atoms with E-state index >= 15 is 0 Å². The van der Waals surface area contributed by atoms with E-state index in [0.29, 0.717) is 11.8 Å². The topological polar surface area (TPSA) is 69.6 Å². The minimum atomic E-state index is -0.945. The number of aliphatic carboxylic acids is 1. The van der Waals surface area contributed by atoms with Gasteiger partial charge in [0, 0.05) is 17.8 Å². The van der Waals surface area contributed by atoms with Crippen molar-refractivity contribution in [2.24, 2.45) is 0 Å². The molecule has 2 amide bonds. The fourth-order valence-corrected chi connectivity index (χ4v) is 2.68. The Morgan fingerprint density at radius 2 is 2.05 bits per heavy atom. The fourth-order valence-electron chi connectivity index (χ4n) is 2.33. The van der Waals surface area contributed by atoms with Crippen LogP contribution in [0.1, 0.15) is 39.0 Å². The van der Waals surface area contributed by atoms with Crippen LogP contribution >= 0.6 is 11.8 Å². The molecule has 0 saturated heterocycles. The number of carbonyl (C=O) groups excluding carboxylic acids is 1. The molecule has 0 radical (unpaired) electrons. The van der Waals surface area contributed by atoms with E-state index in [-0.39, 0.29) is 18.6 Å².